The lowest BCUT2D eigenvalue weighted by molar-refractivity contribution is 0.597. The number of benzene rings is 2. The van der Waals surface area contributed by atoms with E-state index in [1.807, 2.05) is 24.3 Å². The van der Waals surface area contributed by atoms with Crippen LogP contribution in [-0.2, 0) is 9.84 Å². The van der Waals surface area contributed by atoms with Crippen LogP contribution < -0.4 is 5.56 Å². The smallest absolute Gasteiger partial charge is 0.257 e. The zero-order valence-corrected chi connectivity index (χ0v) is 14.9. The summed E-state index contributed by atoms with van der Waals surface area (Å²) in [6.45, 7) is 1.63. The Morgan fingerprint density at radius 1 is 0.962 bits per heavy atom. The molecule has 0 aliphatic rings. The summed E-state index contributed by atoms with van der Waals surface area (Å²) < 4.78 is 24.0. The molecule has 26 heavy (non-hydrogen) atoms. The van der Waals surface area contributed by atoms with Crippen molar-refractivity contribution in [3.63, 3.8) is 0 Å². The number of aromatic amines is 1. The molecule has 0 radical (unpaired) electrons. The van der Waals surface area contributed by atoms with Crippen LogP contribution >= 0.6 is 0 Å². The molecule has 6 heteroatoms. The van der Waals surface area contributed by atoms with Gasteiger partial charge in [0.05, 0.1) is 10.6 Å². The second kappa shape index (κ2) is 6.07. The molecular weight excluding hydrogens is 348 g/mol. The maximum absolute atomic E-state index is 12.3. The molecule has 2 aromatic heterocycles. The molecule has 0 spiro atoms. The Labute approximate surface area is 150 Å². The molecule has 0 aliphatic carbocycles. The Morgan fingerprint density at radius 3 is 2.35 bits per heavy atom. The molecule has 0 unspecified atom stereocenters. The van der Waals surface area contributed by atoms with Gasteiger partial charge in [0.2, 0.25) is 0 Å². The summed E-state index contributed by atoms with van der Waals surface area (Å²) in [7, 11) is -3.24. The molecule has 0 saturated carbocycles. The van der Waals surface area contributed by atoms with Gasteiger partial charge in [-0.15, -0.1) is 0 Å². The van der Waals surface area contributed by atoms with E-state index >= 15 is 0 Å². The van der Waals surface area contributed by atoms with Crippen molar-refractivity contribution >= 4 is 31.6 Å². The van der Waals surface area contributed by atoms with Gasteiger partial charge in [0.25, 0.3) is 5.56 Å². The van der Waals surface area contributed by atoms with Crippen molar-refractivity contribution < 1.29 is 8.42 Å². The normalized spacial score (nSPS) is 11.9. The topological polar surface area (TPSA) is 79.9 Å². The first-order chi connectivity index (χ1) is 12.5. The van der Waals surface area contributed by atoms with E-state index < -0.39 is 9.84 Å². The van der Waals surface area contributed by atoms with Crippen LogP contribution in [0.15, 0.2) is 70.5 Å². The first kappa shape index (κ1) is 16.5. The van der Waals surface area contributed by atoms with Gasteiger partial charge in [-0.25, -0.2) is 13.4 Å². The van der Waals surface area contributed by atoms with Crippen molar-refractivity contribution in [2.24, 2.45) is 0 Å². The molecule has 4 rings (SSSR count). The molecule has 5 nitrogen and oxygen atoms in total. The van der Waals surface area contributed by atoms with E-state index in [1.54, 1.807) is 43.5 Å². The van der Waals surface area contributed by atoms with Crippen molar-refractivity contribution in [1.29, 1.82) is 0 Å². The first-order valence-electron chi connectivity index (χ1n) is 8.24. The van der Waals surface area contributed by atoms with E-state index in [-0.39, 0.29) is 11.3 Å². The van der Waals surface area contributed by atoms with E-state index in [1.165, 1.54) is 0 Å². The number of nitrogens with zero attached hydrogens (tertiary/aromatic N) is 1. The van der Waals surface area contributed by atoms with Gasteiger partial charge in [-0.3, -0.25) is 4.79 Å². The van der Waals surface area contributed by atoms with Gasteiger partial charge in [0, 0.05) is 17.0 Å². The highest BCUT2D eigenvalue weighted by Crippen LogP contribution is 2.31. The highest BCUT2D eigenvalue weighted by atomic mass is 32.2. The van der Waals surface area contributed by atoms with Gasteiger partial charge in [0.15, 0.2) is 9.84 Å². The summed E-state index contributed by atoms with van der Waals surface area (Å²) in [4.78, 5) is 19.7. The Balaban J connectivity index is 2.01. The number of nitrogens with one attached hydrogen (secondary N) is 1. The van der Waals surface area contributed by atoms with Crippen molar-refractivity contribution in [1.82, 2.24) is 9.97 Å². The molecule has 4 aromatic rings. The van der Waals surface area contributed by atoms with E-state index in [9.17, 15) is 13.2 Å². The zero-order valence-electron chi connectivity index (χ0n) is 14.1. The summed E-state index contributed by atoms with van der Waals surface area (Å²) in [5, 5.41) is 2.26. The minimum absolute atomic E-state index is 0.0659. The third-order valence-corrected chi connectivity index (χ3v) is 6.28. The maximum atomic E-state index is 12.3. The van der Waals surface area contributed by atoms with E-state index in [0.29, 0.717) is 15.9 Å². The van der Waals surface area contributed by atoms with Gasteiger partial charge < -0.3 is 4.98 Å². The van der Waals surface area contributed by atoms with E-state index in [2.05, 4.69) is 9.97 Å². The minimum Gasteiger partial charge on any atom is -0.306 e. The second-order valence-electron chi connectivity index (χ2n) is 6.01. The average molecular weight is 364 g/mol. The lowest BCUT2D eigenvalue weighted by atomic mass is 9.99. The quantitative estimate of drug-likeness (QED) is 0.564. The number of hydrogen-bond donors (Lipinski definition) is 1. The number of H-pyrrole nitrogens is 1. The Bertz CT molecular complexity index is 1290. The standard InChI is InChI=1S/C20H16N2O3S/c1-2-26(24,25)14-9-7-13(8-10-14)15-11-12-21-19-18(15)16-5-3-4-6-17(16)20(23)22-19/h3-12H,2H2,1H3,(H,21,22,23). The van der Waals surface area contributed by atoms with Crippen LogP contribution in [0.3, 0.4) is 0 Å². The van der Waals surface area contributed by atoms with Gasteiger partial charge in [-0.05, 0) is 40.8 Å². The number of hydrogen-bond acceptors (Lipinski definition) is 4. The summed E-state index contributed by atoms with van der Waals surface area (Å²) in [6.07, 6.45) is 1.64. The number of sulfone groups is 1. The molecule has 2 heterocycles. The van der Waals surface area contributed by atoms with Crippen LogP contribution in [-0.4, -0.2) is 24.1 Å². The summed E-state index contributed by atoms with van der Waals surface area (Å²) in [5.41, 5.74) is 2.09. The van der Waals surface area contributed by atoms with Gasteiger partial charge >= 0.3 is 0 Å². The second-order valence-corrected chi connectivity index (χ2v) is 8.29. The van der Waals surface area contributed by atoms with E-state index in [4.69, 9.17) is 0 Å². The highest BCUT2D eigenvalue weighted by Gasteiger charge is 2.14. The lowest BCUT2D eigenvalue weighted by Gasteiger charge is -2.10. The third-order valence-electron chi connectivity index (χ3n) is 4.53. The number of pyridine rings is 2. The van der Waals surface area contributed by atoms with Gasteiger partial charge in [-0.2, -0.15) is 0 Å². The Morgan fingerprint density at radius 2 is 1.65 bits per heavy atom. The molecule has 0 atom stereocenters. The Kier molecular flexibility index (Phi) is 3.85. The molecule has 130 valence electrons. The zero-order chi connectivity index (χ0) is 18.3. The van der Waals surface area contributed by atoms with Gasteiger partial charge in [0.1, 0.15) is 5.65 Å². The van der Waals surface area contributed by atoms with Crippen LogP contribution in [0, 0.1) is 0 Å². The monoisotopic (exact) mass is 364 g/mol. The fourth-order valence-electron chi connectivity index (χ4n) is 3.15. The fourth-order valence-corrected chi connectivity index (χ4v) is 4.04. The summed E-state index contributed by atoms with van der Waals surface area (Å²) in [6, 6.07) is 16.1. The third kappa shape index (κ3) is 2.59. The molecule has 0 saturated heterocycles. The lowest BCUT2D eigenvalue weighted by Crippen LogP contribution is -2.07. The predicted octanol–water partition coefficient (Wildman–Crippen LogP) is 3.54. The van der Waals surface area contributed by atoms with Gasteiger partial charge in [-0.1, -0.05) is 37.3 Å². The predicted molar refractivity (Wildman–Crippen MR) is 103 cm³/mol. The molecule has 2 aromatic carbocycles. The molecule has 1 N–H and O–H groups in total. The summed E-state index contributed by atoms with van der Waals surface area (Å²) >= 11 is 0. The van der Waals surface area contributed by atoms with Crippen molar-refractivity contribution in [3.05, 3.63) is 71.1 Å². The van der Waals surface area contributed by atoms with Crippen molar-refractivity contribution in [2.75, 3.05) is 5.75 Å². The van der Waals surface area contributed by atoms with Crippen LogP contribution in [0.1, 0.15) is 6.92 Å². The van der Waals surface area contributed by atoms with Crippen LogP contribution in [0.2, 0.25) is 0 Å². The largest absolute Gasteiger partial charge is 0.306 e. The van der Waals surface area contributed by atoms with E-state index in [0.717, 1.165) is 21.9 Å². The minimum atomic E-state index is -3.24. The average Bonchev–Trinajstić information content (AvgIpc) is 2.68. The Hall–Kier alpha value is -2.99. The molecule has 0 bridgehead atoms. The molecule has 0 amide bonds. The summed E-state index contributed by atoms with van der Waals surface area (Å²) in [5.74, 6) is 0.0659. The number of fused-ring (bicyclic) bond motifs is 3. The highest BCUT2D eigenvalue weighted by molar-refractivity contribution is 7.91. The number of aromatic nitrogens is 2. The van der Waals surface area contributed by atoms with Crippen LogP contribution in [0.5, 0.6) is 0 Å². The SMILES string of the molecule is CCS(=O)(=O)c1ccc(-c2ccnc3[nH]c(=O)c4ccccc4c23)cc1. The van der Waals surface area contributed by atoms with Crippen LogP contribution in [0.4, 0.5) is 0 Å². The maximum Gasteiger partial charge on any atom is 0.257 e. The van der Waals surface area contributed by atoms with Crippen molar-refractivity contribution in [3.8, 4) is 11.1 Å². The van der Waals surface area contributed by atoms with Crippen LogP contribution in [0.25, 0.3) is 32.9 Å². The van der Waals surface area contributed by atoms with Crippen molar-refractivity contribution in [2.45, 2.75) is 11.8 Å². The number of rotatable bonds is 3. The first-order valence-corrected chi connectivity index (χ1v) is 9.89. The molecule has 0 fully saturated rings. The fraction of sp³-hybridized carbons (Fsp3) is 0.100. The molecule has 0 aliphatic heterocycles. The molecular formula is C20H16N2O3S.